The lowest BCUT2D eigenvalue weighted by Crippen LogP contribution is -2.17. The number of halogens is 2. The van der Waals surface area contributed by atoms with Crippen LogP contribution in [0.5, 0.6) is 0 Å². The predicted molar refractivity (Wildman–Crippen MR) is 82.6 cm³/mol. The van der Waals surface area contributed by atoms with Crippen LogP contribution in [0.2, 0.25) is 5.02 Å². The Morgan fingerprint density at radius 3 is 2.60 bits per heavy atom. The van der Waals surface area contributed by atoms with Gasteiger partial charge >= 0.3 is 0 Å². The van der Waals surface area contributed by atoms with Crippen molar-refractivity contribution in [1.82, 2.24) is 5.32 Å². The first-order valence-corrected chi connectivity index (χ1v) is 7.24. The molecule has 0 heterocycles. The first-order valence-electron chi connectivity index (χ1n) is 6.86. The number of rotatable bonds is 6. The minimum absolute atomic E-state index is 0.249. The van der Waals surface area contributed by atoms with E-state index in [-0.39, 0.29) is 5.82 Å². The zero-order chi connectivity index (χ0) is 14.4. The Morgan fingerprint density at radius 2 is 1.90 bits per heavy atom. The van der Waals surface area contributed by atoms with Crippen LogP contribution in [0.15, 0.2) is 48.5 Å². The molecule has 0 fully saturated rings. The van der Waals surface area contributed by atoms with Gasteiger partial charge in [-0.25, -0.2) is 4.39 Å². The van der Waals surface area contributed by atoms with E-state index in [4.69, 9.17) is 11.6 Å². The van der Waals surface area contributed by atoms with E-state index in [9.17, 15) is 4.39 Å². The summed E-state index contributed by atoms with van der Waals surface area (Å²) >= 11 is 5.73. The van der Waals surface area contributed by atoms with E-state index in [0.717, 1.165) is 13.0 Å². The first-order chi connectivity index (χ1) is 9.66. The van der Waals surface area contributed by atoms with Crippen LogP contribution in [0.25, 0.3) is 0 Å². The minimum atomic E-state index is -0.249. The normalized spacial score (nSPS) is 12.3. The minimum Gasteiger partial charge on any atom is -0.313 e. The monoisotopic (exact) mass is 291 g/mol. The number of nitrogens with one attached hydrogen (secondary N) is 1. The van der Waals surface area contributed by atoms with Crippen molar-refractivity contribution in [3.8, 4) is 0 Å². The Balaban J connectivity index is 1.76. The summed E-state index contributed by atoms with van der Waals surface area (Å²) in [5, 5.41) is 3.71. The molecule has 0 aliphatic carbocycles. The standard InChI is InChI=1S/C17H19ClFN/c1-13(14-5-3-2-4-6-14)9-10-20-12-15-7-8-16(18)11-17(15)19/h2-8,11,13,20H,9-10,12H2,1H3. The average molecular weight is 292 g/mol. The first kappa shape index (κ1) is 15.0. The molecule has 0 spiro atoms. The Morgan fingerprint density at radius 1 is 1.15 bits per heavy atom. The highest BCUT2D eigenvalue weighted by molar-refractivity contribution is 6.30. The number of benzene rings is 2. The second-order valence-corrected chi connectivity index (χ2v) is 5.45. The summed E-state index contributed by atoms with van der Waals surface area (Å²) in [6, 6.07) is 15.2. The van der Waals surface area contributed by atoms with Crippen molar-refractivity contribution >= 4 is 11.6 Å². The van der Waals surface area contributed by atoms with Gasteiger partial charge in [0.2, 0.25) is 0 Å². The molecule has 2 rings (SSSR count). The third kappa shape index (κ3) is 4.32. The molecule has 0 bridgehead atoms. The summed E-state index contributed by atoms with van der Waals surface area (Å²) in [6.07, 6.45) is 1.03. The fourth-order valence-electron chi connectivity index (χ4n) is 2.15. The van der Waals surface area contributed by atoms with Crippen molar-refractivity contribution in [2.75, 3.05) is 6.54 Å². The van der Waals surface area contributed by atoms with Gasteiger partial charge in [-0.15, -0.1) is 0 Å². The maximum atomic E-state index is 13.6. The molecule has 106 valence electrons. The van der Waals surface area contributed by atoms with Gasteiger partial charge in [0.1, 0.15) is 5.82 Å². The summed E-state index contributed by atoms with van der Waals surface area (Å²) in [5.41, 5.74) is 1.99. The quantitative estimate of drug-likeness (QED) is 0.757. The van der Waals surface area contributed by atoms with E-state index in [1.165, 1.54) is 11.6 Å². The van der Waals surface area contributed by atoms with Gasteiger partial charge in [-0.05, 0) is 36.6 Å². The molecule has 0 saturated heterocycles. The molecular formula is C17H19ClFN. The number of hydrogen-bond donors (Lipinski definition) is 1. The Labute approximate surface area is 124 Å². The van der Waals surface area contributed by atoms with Crippen LogP contribution in [-0.4, -0.2) is 6.54 Å². The summed E-state index contributed by atoms with van der Waals surface area (Å²) in [6.45, 7) is 3.60. The highest BCUT2D eigenvalue weighted by Gasteiger charge is 2.05. The molecule has 0 aliphatic rings. The summed E-state index contributed by atoms with van der Waals surface area (Å²) in [5.74, 6) is 0.250. The smallest absolute Gasteiger partial charge is 0.129 e. The lowest BCUT2D eigenvalue weighted by atomic mass is 9.98. The largest absolute Gasteiger partial charge is 0.313 e. The van der Waals surface area contributed by atoms with Crippen LogP contribution >= 0.6 is 11.6 Å². The van der Waals surface area contributed by atoms with Crippen LogP contribution in [0.4, 0.5) is 4.39 Å². The van der Waals surface area contributed by atoms with Crippen LogP contribution in [0.3, 0.4) is 0 Å². The van der Waals surface area contributed by atoms with E-state index in [0.29, 0.717) is 23.0 Å². The predicted octanol–water partition coefficient (Wildman–Crippen LogP) is 4.76. The van der Waals surface area contributed by atoms with Gasteiger partial charge in [-0.3, -0.25) is 0 Å². The SMILES string of the molecule is CC(CCNCc1ccc(Cl)cc1F)c1ccccc1. The van der Waals surface area contributed by atoms with Crippen molar-refractivity contribution in [1.29, 1.82) is 0 Å². The van der Waals surface area contributed by atoms with Crippen LogP contribution < -0.4 is 5.32 Å². The molecule has 20 heavy (non-hydrogen) atoms. The van der Waals surface area contributed by atoms with Gasteiger partial charge in [0.15, 0.2) is 0 Å². The molecule has 3 heteroatoms. The summed E-state index contributed by atoms with van der Waals surface area (Å²) < 4.78 is 13.6. The molecule has 2 aromatic rings. The second kappa shape index (κ2) is 7.41. The van der Waals surface area contributed by atoms with Crippen molar-refractivity contribution in [3.05, 3.63) is 70.5 Å². The molecule has 0 amide bonds. The Hall–Kier alpha value is -1.38. The van der Waals surface area contributed by atoms with E-state index in [1.54, 1.807) is 12.1 Å². The zero-order valence-electron chi connectivity index (χ0n) is 11.6. The van der Waals surface area contributed by atoms with E-state index < -0.39 is 0 Å². The Bertz CT molecular complexity index is 542. The topological polar surface area (TPSA) is 12.0 Å². The van der Waals surface area contributed by atoms with Crippen molar-refractivity contribution in [2.45, 2.75) is 25.8 Å². The molecule has 1 atom stereocenters. The number of hydrogen-bond acceptors (Lipinski definition) is 1. The van der Waals surface area contributed by atoms with E-state index in [1.807, 2.05) is 6.07 Å². The lowest BCUT2D eigenvalue weighted by Gasteiger charge is -2.12. The van der Waals surface area contributed by atoms with Crippen molar-refractivity contribution in [2.24, 2.45) is 0 Å². The molecular weight excluding hydrogens is 273 g/mol. The van der Waals surface area contributed by atoms with Crippen molar-refractivity contribution in [3.63, 3.8) is 0 Å². The third-order valence-corrected chi connectivity index (χ3v) is 3.69. The van der Waals surface area contributed by atoms with Gasteiger partial charge in [-0.1, -0.05) is 54.9 Å². The van der Waals surface area contributed by atoms with Crippen molar-refractivity contribution < 1.29 is 4.39 Å². The van der Waals surface area contributed by atoms with Gasteiger partial charge in [0, 0.05) is 17.1 Å². The van der Waals surface area contributed by atoms with E-state index in [2.05, 4.69) is 36.5 Å². The Kier molecular flexibility index (Phi) is 5.57. The van der Waals surface area contributed by atoms with Gasteiger partial charge < -0.3 is 5.32 Å². The van der Waals surface area contributed by atoms with Gasteiger partial charge in [0.25, 0.3) is 0 Å². The molecule has 1 N–H and O–H groups in total. The average Bonchev–Trinajstić information content (AvgIpc) is 2.46. The zero-order valence-corrected chi connectivity index (χ0v) is 12.3. The maximum absolute atomic E-state index is 13.6. The molecule has 1 nitrogen and oxygen atoms in total. The summed E-state index contributed by atoms with van der Waals surface area (Å²) in [7, 11) is 0. The van der Waals surface area contributed by atoms with Crippen LogP contribution in [0.1, 0.15) is 30.4 Å². The molecule has 0 aliphatic heterocycles. The van der Waals surface area contributed by atoms with Gasteiger partial charge in [-0.2, -0.15) is 0 Å². The fourth-order valence-corrected chi connectivity index (χ4v) is 2.31. The van der Waals surface area contributed by atoms with E-state index >= 15 is 0 Å². The lowest BCUT2D eigenvalue weighted by molar-refractivity contribution is 0.564. The molecule has 2 aromatic carbocycles. The third-order valence-electron chi connectivity index (χ3n) is 3.45. The highest BCUT2D eigenvalue weighted by Crippen LogP contribution is 2.18. The molecule has 1 unspecified atom stereocenters. The molecule has 0 radical (unpaired) electrons. The maximum Gasteiger partial charge on any atom is 0.129 e. The van der Waals surface area contributed by atoms with Gasteiger partial charge in [0.05, 0.1) is 0 Å². The summed E-state index contributed by atoms with van der Waals surface area (Å²) in [4.78, 5) is 0. The molecule has 0 aromatic heterocycles. The van der Waals surface area contributed by atoms with Crippen LogP contribution in [-0.2, 0) is 6.54 Å². The second-order valence-electron chi connectivity index (χ2n) is 5.01. The highest BCUT2D eigenvalue weighted by atomic mass is 35.5. The van der Waals surface area contributed by atoms with Crippen LogP contribution in [0, 0.1) is 5.82 Å². The fraction of sp³-hybridized carbons (Fsp3) is 0.294. The molecule has 0 saturated carbocycles.